The van der Waals surface area contributed by atoms with Gasteiger partial charge in [-0.05, 0) is 42.3 Å². The second-order valence-electron chi connectivity index (χ2n) is 4.67. The third kappa shape index (κ3) is 2.19. The van der Waals surface area contributed by atoms with E-state index in [1.54, 1.807) is 36.4 Å². The maximum Gasteiger partial charge on any atom is 0.264 e. The summed E-state index contributed by atoms with van der Waals surface area (Å²) in [6, 6.07) is 12.1. The fraction of sp³-hybridized carbons (Fsp3) is 0.143. The van der Waals surface area contributed by atoms with Crippen molar-refractivity contribution in [1.29, 1.82) is 0 Å². The summed E-state index contributed by atoms with van der Waals surface area (Å²) in [5.41, 5.74) is 8.04. The lowest BCUT2D eigenvalue weighted by Crippen LogP contribution is -2.29. The number of anilines is 2. The molecule has 2 aromatic rings. The van der Waals surface area contributed by atoms with Crippen molar-refractivity contribution < 1.29 is 8.42 Å². The van der Waals surface area contributed by atoms with Gasteiger partial charge >= 0.3 is 0 Å². The van der Waals surface area contributed by atoms with E-state index in [1.165, 1.54) is 4.31 Å². The van der Waals surface area contributed by atoms with E-state index in [0.717, 1.165) is 10.0 Å². The van der Waals surface area contributed by atoms with Gasteiger partial charge in [-0.1, -0.05) is 28.1 Å². The molecule has 0 saturated heterocycles. The minimum atomic E-state index is -3.54. The molecule has 0 aromatic heterocycles. The lowest BCUT2D eigenvalue weighted by atomic mass is 10.1. The third-order valence-corrected chi connectivity index (χ3v) is 5.65. The Morgan fingerprint density at radius 3 is 2.70 bits per heavy atom. The van der Waals surface area contributed by atoms with E-state index >= 15 is 0 Å². The van der Waals surface area contributed by atoms with Crippen LogP contribution in [0.15, 0.2) is 51.8 Å². The van der Waals surface area contributed by atoms with Crippen molar-refractivity contribution >= 4 is 37.3 Å². The van der Waals surface area contributed by atoms with Gasteiger partial charge in [0, 0.05) is 16.7 Å². The molecule has 104 valence electrons. The number of hydrogen-bond acceptors (Lipinski definition) is 3. The molecule has 1 heterocycles. The van der Waals surface area contributed by atoms with Crippen LogP contribution in [0, 0.1) is 0 Å². The van der Waals surface area contributed by atoms with Crippen molar-refractivity contribution in [3.8, 4) is 0 Å². The van der Waals surface area contributed by atoms with E-state index in [1.807, 2.05) is 6.07 Å². The van der Waals surface area contributed by atoms with Crippen molar-refractivity contribution in [3.63, 3.8) is 0 Å². The molecule has 20 heavy (non-hydrogen) atoms. The summed E-state index contributed by atoms with van der Waals surface area (Å²) in [5.74, 6) is 0. The first kappa shape index (κ1) is 13.5. The number of nitrogens with two attached hydrogens (primary N) is 1. The Morgan fingerprint density at radius 2 is 1.95 bits per heavy atom. The molecule has 0 fully saturated rings. The molecule has 0 bridgehead atoms. The Morgan fingerprint density at radius 1 is 1.15 bits per heavy atom. The Bertz CT molecular complexity index is 774. The summed E-state index contributed by atoms with van der Waals surface area (Å²) in [7, 11) is -3.54. The number of rotatable bonds is 2. The highest BCUT2D eigenvalue weighted by atomic mass is 79.9. The standard InChI is InChI=1S/C14H13BrN2O2S/c15-11-2-1-3-13(8-11)20(18,19)17-7-6-10-4-5-12(16)9-14(10)17/h1-5,8-9H,6-7,16H2. The number of fused-ring (bicyclic) bond motifs is 1. The van der Waals surface area contributed by atoms with Gasteiger partial charge in [0.25, 0.3) is 10.0 Å². The highest BCUT2D eigenvalue weighted by molar-refractivity contribution is 9.10. The number of hydrogen-bond donors (Lipinski definition) is 1. The minimum Gasteiger partial charge on any atom is -0.399 e. The molecular formula is C14H13BrN2O2S. The van der Waals surface area contributed by atoms with Crippen LogP contribution < -0.4 is 10.0 Å². The first-order valence-corrected chi connectivity index (χ1v) is 8.38. The van der Waals surface area contributed by atoms with Crippen LogP contribution in [0.3, 0.4) is 0 Å². The summed E-state index contributed by atoms with van der Waals surface area (Å²) in [6.45, 7) is 0.452. The first-order chi connectivity index (χ1) is 9.48. The van der Waals surface area contributed by atoms with Gasteiger partial charge in [0.15, 0.2) is 0 Å². The molecule has 0 spiro atoms. The zero-order chi connectivity index (χ0) is 14.3. The van der Waals surface area contributed by atoms with Gasteiger partial charge in [0.05, 0.1) is 10.6 Å². The topological polar surface area (TPSA) is 63.4 Å². The number of benzene rings is 2. The lowest BCUT2D eigenvalue weighted by molar-refractivity contribution is 0.592. The first-order valence-electron chi connectivity index (χ1n) is 6.15. The van der Waals surface area contributed by atoms with Gasteiger partial charge in [-0.15, -0.1) is 0 Å². The normalized spacial score (nSPS) is 14.3. The van der Waals surface area contributed by atoms with Crippen LogP contribution in [0.1, 0.15) is 5.56 Å². The van der Waals surface area contributed by atoms with E-state index in [9.17, 15) is 8.42 Å². The van der Waals surface area contributed by atoms with Crippen molar-refractivity contribution in [3.05, 3.63) is 52.5 Å². The monoisotopic (exact) mass is 352 g/mol. The fourth-order valence-corrected chi connectivity index (χ4v) is 4.46. The van der Waals surface area contributed by atoms with E-state index in [-0.39, 0.29) is 4.90 Å². The number of halogens is 1. The Balaban J connectivity index is 2.09. The molecule has 2 N–H and O–H groups in total. The molecule has 1 aliphatic rings. The van der Waals surface area contributed by atoms with Crippen molar-refractivity contribution in [1.82, 2.24) is 0 Å². The van der Waals surface area contributed by atoms with E-state index in [0.29, 0.717) is 24.3 Å². The van der Waals surface area contributed by atoms with E-state index in [2.05, 4.69) is 15.9 Å². The highest BCUT2D eigenvalue weighted by Gasteiger charge is 2.30. The van der Waals surface area contributed by atoms with Gasteiger partial charge < -0.3 is 5.73 Å². The molecule has 0 amide bonds. The van der Waals surface area contributed by atoms with Crippen LogP contribution >= 0.6 is 15.9 Å². The summed E-state index contributed by atoms with van der Waals surface area (Å²) in [6.07, 6.45) is 0.711. The predicted octanol–water partition coefficient (Wildman–Crippen LogP) is 2.78. The summed E-state index contributed by atoms with van der Waals surface area (Å²) in [5, 5.41) is 0. The largest absolute Gasteiger partial charge is 0.399 e. The molecule has 1 aliphatic heterocycles. The molecule has 0 radical (unpaired) electrons. The average Bonchev–Trinajstić information content (AvgIpc) is 2.82. The maximum atomic E-state index is 12.7. The molecule has 0 saturated carbocycles. The Labute approximate surface area is 126 Å². The Hall–Kier alpha value is -1.53. The summed E-state index contributed by atoms with van der Waals surface area (Å²) in [4.78, 5) is 0.280. The zero-order valence-corrected chi connectivity index (χ0v) is 13.0. The predicted molar refractivity (Wildman–Crippen MR) is 83.2 cm³/mol. The lowest BCUT2D eigenvalue weighted by Gasteiger charge is -2.20. The average molecular weight is 353 g/mol. The molecular weight excluding hydrogens is 340 g/mol. The van der Waals surface area contributed by atoms with E-state index < -0.39 is 10.0 Å². The maximum absolute atomic E-state index is 12.7. The van der Waals surface area contributed by atoms with E-state index in [4.69, 9.17) is 5.73 Å². The van der Waals surface area contributed by atoms with Crippen molar-refractivity contribution in [2.45, 2.75) is 11.3 Å². The number of sulfonamides is 1. The fourth-order valence-electron chi connectivity index (χ4n) is 2.37. The van der Waals surface area contributed by atoms with Crippen molar-refractivity contribution in [2.75, 3.05) is 16.6 Å². The SMILES string of the molecule is Nc1ccc2c(c1)N(S(=O)(=O)c1cccc(Br)c1)CC2. The molecule has 0 unspecified atom stereocenters. The quantitative estimate of drug-likeness (QED) is 0.845. The highest BCUT2D eigenvalue weighted by Crippen LogP contribution is 2.34. The van der Waals surface area contributed by atoms with Crippen LogP contribution in [0.2, 0.25) is 0 Å². The minimum absolute atomic E-state index is 0.280. The molecule has 0 atom stereocenters. The second kappa shape index (κ2) is 4.79. The van der Waals surface area contributed by atoms with Crippen LogP contribution in [0.5, 0.6) is 0 Å². The van der Waals surface area contributed by atoms with Crippen LogP contribution in [-0.2, 0) is 16.4 Å². The summed E-state index contributed by atoms with van der Waals surface area (Å²) < 4.78 is 27.6. The van der Waals surface area contributed by atoms with Gasteiger partial charge in [0.1, 0.15) is 0 Å². The molecule has 3 rings (SSSR count). The second-order valence-corrected chi connectivity index (χ2v) is 7.45. The third-order valence-electron chi connectivity index (χ3n) is 3.35. The van der Waals surface area contributed by atoms with Gasteiger partial charge in [0.2, 0.25) is 0 Å². The van der Waals surface area contributed by atoms with Crippen LogP contribution in [0.4, 0.5) is 11.4 Å². The molecule has 2 aromatic carbocycles. The smallest absolute Gasteiger partial charge is 0.264 e. The van der Waals surface area contributed by atoms with Crippen LogP contribution in [0.25, 0.3) is 0 Å². The zero-order valence-electron chi connectivity index (χ0n) is 10.6. The summed E-state index contributed by atoms with van der Waals surface area (Å²) >= 11 is 3.30. The van der Waals surface area contributed by atoms with Gasteiger partial charge in [-0.2, -0.15) is 0 Å². The molecule has 4 nitrogen and oxygen atoms in total. The molecule has 0 aliphatic carbocycles. The van der Waals surface area contributed by atoms with Crippen molar-refractivity contribution in [2.24, 2.45) is 0 Å². The molecule has 6 heteroatoms. The number of nitrogen functional groups attached to an aromatic ring is 1. The van der Waals surface area contributed by atoms with Gasteiger partial charge in [-0.3, -0.25) is 4.31 Å². The van der Waals surface area contributed by atoms with Gasteiger partial charge in [-0.25, -0.2) is 8.42 Å². The Kier molecular flexibility index (Phi) is 3.22. The van der Waals surface area contributed by atoms with Crippen LogP contribution in [-0.4, -0.2) is 15.0 Å². The number of nitrogens with zero attached hydrogens (tertiary/aromatic N) is 1.